The van der Waals surface area contributed by atoms with Gasteiger partial charge in [0.05, 0.1) is 23.6 Å². The van der Waals surface area contributed by atoms with Crippen molar-refractivity contribution in [2.75, 3.05) is 12.9 Å². The van der Waals surface area contributed by atoms with Gasteiger partial charge in [-0.25, -0.2) is 4.98 Å². The Kier molecular flexibility index (Phi) is 6.94. The van der Waals surface area contributed by atoms with E-state index in [0.717, 1.165) is 11.3 Å². The van der Waals surface area contributed by atoms with Crippen LogP contribution in [0.4, 0.5) is 13.2 Å². The number of primary amides is 1. The molecule has 3 atom stereocenters. The summed E-state index contributed by atoms with van der Waals surface area (Å²) >= 11 is 1.09. The zero-order chi connectivity index (χ0) is 24.5. The molecule has 3 unspecified atom stereocenters. The lowest BCUT2D eigenvalue weighted by Gasteiger charge is -2.22. The number of carbonyl (C=O) groups excluding carboxylic acids is 1. The first-order valence-electron chi connectivity index (χ1n) is 10.4. The monoisotopic (exact) mass is 509 g/mol. The second-order valence-electron chi connectivity index (χ2n) is 7.91. The van der Waals surface area contributed by atoms with Gasteiger partial charge >= 0.3 is 6.18 Å². The van der Waals surface area contributed by atoms with Gasteiger partial charge in [0.15, 0.2) is 0 Å². The maximum Gasteiger partial charge on any atom is 0.395 e. The molecule has 0 bridgehead atoms. The van der Waals surface area contributed by atoms with Crippen molar-refractivity contribution in [3.8, 4) is 10.8 Å². The van der Waals surface area contributed by atoms with Crippen molar-refractivity contribution in [3.05, 3.63) is 59.8 Å². The highest BCUT2D eigenvalue weighted by Crippen LogP contribution is 2.36. The Morgan fingerprint density at radius 1 is 1.29 bits per heavy atom. The molecule has 0 saturated heterocycles. The zero-order valence-electron chi connectivity index (χ0n) is 18.1. The smallest absolute Gasteiger partial charge is 0.395 e. The van der Waals surface area contributed by atoms with Crippen LogP contribution in [0.2, 0.25) is 0 Å². The van der Waals surface area contributed by atoms with Gasteiger partial charge in [-0.15, -0.1) is 11.3 Å². The highest BCUT2D eigenvalue weighted by atomic mass is 32.2. The molecule has 1 aromatic carbocycles. The summed E-state index contributed by atoms with van der Waals surface area (Å²) in [4.78, 5) is 17.2. The Morgan fingerprint density at radius 3 is 2.76 bits per heavy atom. The summed E-state index contributed by atoms with van der Waals surface area (Å²) in [5, 5.41) is 0.592. The van der Waals surface area contributed by atoms with E-state index in [0.29, 0.717) is 27.4 Å². The van der Waals surface area contributed by atoms with E-state index in [4.69, 9.17) is 10.5 Å². The number of nitrogens with zero attached hydrogens (tertiary/aromatic N) is 2. The van der Waals surface area contributed by atoms with E-state index < -0.39 is 34.7 Å². The average Bonchev–Trinajstić information content (AvgIpc) is 3.35. The van der Waals surface area contributed by atoms with Crippen molar-refractivity contribution in [2.45, 2.75) is 23.9 Å². The highest BCUT2D eigenvalue weighted by molar-refractivity contribution is 7.84. The third-order valence-electron chi connectivity index (χ3n) is 5.48. The Labute approximate surface area is 200 Å². The summed E-state index contributed by atoms with van der Waals surface area (Å²) in [5.74, 6) is -2.54. The van der Waals surface area contributed by atoms with Crippen molar-refractivity contribution in [2.24, 2.45) is 17.6 Å². The van der Waals surface area contributed by atoms with Crippen LogP contribution in [0.3, 0.4) is 0 Å². The number of nitrogens with two attached hydrogens (primary N) is 1. The van der Waals surface area contributed by atoms with Gasteiger partial charge in [0.1, 0.15) is 22.0 Å². The molecule has 2 heterocycles. The predicted octanol–water partition coefficient (Wildman–Crippen LogP) is 5.00. The lowest BCUT2D eigenvalue weighted by atomic mass is 9.91. The maximum atomic E-state index is 13.3. The maximum absolute atomic E-state index is 13.3. The molecule has 2 aromatic heterocycles. The number of hydrogen-bond donors (Lipinski definition) is 1. The molecule has 1 amide bonds. The number of imidazole rings is 1. The molecule has 0 aliphatic heterocycles. The Bertz CT molecular complexity index is 1290. The third-order valence-corrected chi connectivity index (χ3v) is 7.52. The van der Waals surface area contributed by atoms with Crippen LogP contribution in [0.15, 0.2) is 59.8 Å². The van der Waals surface area contributed by atoms with Gasteiger partial charge in [-0.05, 0) is 31.0 Å². The fourth-order valence-corrected chi connectivity index (χ4v) is 5.22. The fraction of sp³-hybridized carbons (Fsp3) is 0.304. The molecule has 1 aliphatic rings. The standard InChI is InChI=1S/C23H22F3N3O3S2/c1-34(31)16-7-8-17-18(10-16)29(13-28-17)20-11-19(21(33-20)22(27)30)32-12-14-5-3-2-4-6-15(9-14)23(24,25)26/h3-8,10-11,13-15H,2,9,12H2,1H3,(H2,27,30)/b5-3-,6-4-. The van der Waals surface area contributed by atoms with Gasteiger partial charge < -0.3 is 10.5 Å². The number of fused-ring (bicyclic) bond motifs is 1. The lowest BCUT2D eigenvalue weighted by Crippen LogP contribution is -2.26. The second kappa shape index (κ2) is 9.75. The highest BCUT2D eigenvalue weighted by Gasteiger charge is 2.39. The summed E-state index contributed by atoms with van der Waals surface area (Å²) < 4.78 is 59.4. The van der Waals surface area contributed by atoms with Gasteiger partial charge in [0.25, 0.3) is 5.91 Å². The number of allylic oxidation sites excluding steroid dienone is 3. The van der Waals surface area contributed by atoms with Crippen molar-refractivity contribution in [1.82, 2.24) is 9.55 Å². The fourth-order valence-electron chi connectivity index (χ4n) is 3.74. The quantitative estimate of drug-likeness (QED) is 0.474. The van der Waals surface area contributed by atoms with Crippen molar-refractivity contribution < 1.29 is 26.9 Å². The number of ether oxygens (including phenoxy) is 1. The second-order valence-corrected chi connectivity index (χ2v) is 10.3. The van der Waals surface area contributed by atoms with Crippen LogP contribution < -0.4 is 10.5 Å². The van der Waals surface area contributed by atoms with E-state index in [-0.39, 0.29) is 23.7 Å². The van der Waals surface area contributed by atoms with E-state index in [1.54, 1.807) is 53.6 Å². The molecular weight excluding hydrogens is 487 g/mol. The molecule has 0 spiro atoms. The number of rotatable bonds is 6. The molecule has 6 nitrogen and oxygen atoms in total. The molecular formula is C23H22F3N3O3S2. The van der Waals surface area contributed by atoms with Gasteiger partial charge in [0.2, 0.25) is 0 Å². The van der Waals surface area contributed by atoms with Crippen LogP contribution in [0.1, 0.15) is 22.5 Å². The van der Waals surface area contributed by atoms with E-state index in [9.17, 15) is 22.2 Å². The van der Waals surface area contributed by atoms with Gasteiger partial charge in [-0.1, -0.05) is 24.3 Å². The molecule has 180 valence electrons. The van der Waals surface area contributed by atoms with Crippen molar-refractivity contribution in [3.63, 3.8) is 0 Å². The SMILES string of the molecule is CS(=O)c1ccc2ncn(-c3cc(OCC4/C=C\C/C=C\C(C(F)(F)F)C4)c(C(N)=O)s3)c2c1. The van der Waals surface area contributed by atoms with Crippen LogP contribution in [-0.4, -0.2) is 38.7 Å². The average molecular weight is 510 g/mol. The number of benzene rings is 1. The number of hydrogen-bond acceptors (Lipinski definition) is 5. The normalized spacial score (nSPS) is 21.5. The molecule has 0 radical (unpaired) electrons. The zero-order valence-corrected chi connectivity index (χ0v) is 19.8. The largest absolute Gasteiger partial charge is 0.491 e. The summed E-state index contributed by atoms with van der Waals surface area (Å²) in [6, 6.07) is 6.87. The first-order valence-corrected chi connectivity index (χ1v) is 12.8. The van der Waals surface area contributed by atoms with Crippen molar-refractivity contribution in [1.29, 1.82) is 0 Å². The molecule has 1 aliphatic carbocycles. The molecule has 3 aromatic rings. The van der Waals surface area contributed by atoms with Crippen LogP contribution in [0.5, 0.6) is 5.75 Å². The van der Waals surface area contributed by atoms with Gasteiger partial charge in [-0.3, -0.25) is 13.6 Å². The number of aromatic nitrogens is 2. The molecule has 4 rings (SSSR count). The summed E-state index contributed by atoms with van der Waals surface area (Å²) in [6.45, 7) is -0.0307. The first kappa shape index (κ1) is 24.2. The van der Waals surface area contributed by atoms with Crippen LogP contribution in [0, 0.1) is 11.8 Å². The Hall–Kier alpha value is -2.92. The summed E-state index contributed by atoms with van der Waals surface area (Å²) in [7, 11) is -1.19. The molecule has 34 heavy (non-hydrogen) atoms. The molecule has 0 saturated carbocycles. The number of alkyl halides is 3. The van der Waals surface area contributed by atoms with Crippen LogP contribution in [0.25, 0.3) is 16.0 Å². The minimum Gasteiger partial charge on any atom is -0.491 e. The minimum atomic E-state index is -4.34. The van der Waals surface area contributed by atoms with Crippen LogP contribution in [-0.2, 0) is 10.8 Å². The summed E-state index contributed by atoms with van der Waals surface area (Å²) in [6.07, 6.45) is 5.30. The first-order chi connectivity index (χ1) is 16.1. The van der Waals surface area contributed by atoms with Crippen LogP contribution >= 0.6 is 11.3 Å². The molecule has 0 fully saturated rings. The molecule has 11 heteroatoms. The van der Waals surface area contributed by atoms with E-state index in [2.05, 4.69) is 4.98 Å². The van der Waals surface area contributed by atoms with Crippen molar-refractivity contribution >= 4 is 39.1 Å². The topological polar surface area (TPSA) is 87.2 Å². The predicted molar refractivity (Wildman–Crippen MR) is 126 cm³/mol. The van der Waals surface area contributed by atoms with Gasteiger partial charge in [0, 0.05) is 33.9 Å². The van der Waals surface area contributed by atoms with E-state index >= 15 is 0 Å². The number of amides is 1. The minimum absolute atomic E-state index is 0.0307. The number of thiophene rings is 1. The Morgan fingerprint density at radius 2 is 2.06 bits per heavy atom. The third kappa shape index (κ3) is 5.25. The number of halogens is 3. The van der Waals surface area contributed by atoms with Gasteiger partial charge in [-0.2, -0.15) is 13.2 Å². The lowest BCUT2D eigenvalue weighted by molar-refractivity contribution is -0.164. The number of carbonyl (C=O) groups is 1. The van der Waals surface area contributed by atoms with E-state index in [1.807, 2.05) is 0 Å². The molecule has 2 N–H and O–H groups in total. The Balaban J connectivity index is 1.61. The summed E-state index contributed by atoms with van der Waals surface area (Å²) in [5.41, 5.74) is 6.92. The van der Waals surface area contributed by atoms with E-state index in [1.165, 1.54) is 12.2 Å².